The molecular weight excluding hydrogens is 294 g/mol. The highest BCUT2D eigenvalue weighted by atomic mass is 16.3. The van der Waals surface area contributed by atoms with E-state index in [1.807, 2.05) is 24.0 Å². The van der Waals surface area contributed by atoms with Crippen LogP contribution in [0, 0.1) is 0 Å². The molecule has 7 heteroatoms. The lowest BCUT2D eigenvalue weighted by atomic mass is 10.1. The Morgan fingerprint density at radius 1 is 1.48 bits per heavy atom. The first-order chi connectivity index (χ1) is 11.1. The summed E-state index contributed by atoms with van der Waals surface area (Å²) in [6.45, 7) is 0. The van der Waals surface area contributed by atoms with Crippen molar-refractivity contribution in [3.63, 3.8) is 0 Å². The van der Waals surface area contributed by atoms with Crippen molar-refractivity contribution in [2.75, 3.05) is 7.05 Å². The molecule has 0 saturated heterocycles. The Morgan fingerprint density at radius 3 is 2.96 bits per heavy atom. The lowest BCUT2D eigenvalue weighted by Crippen LogP contribution is -2.42. The van der Waals surface area contributed by atoms with Gasteiger partial charge in [-0.1, -0.05) is 0 Å². The van der Waals surface area contributed by atoms with Crippen LogP contribution in [0.2, 0.25) is 0 Å². The highest BCUT2D eigenvalue weighted by molar-refractivity contribution is 5.91. The summed E-state index contributed by atoms with van der Waals surface area (Å²) in [7, 11) is 3.57. The van der Waals surface area contributed by atoms with Crippen molar-refractivity contribution in [2.45, 2.75) is 31.0 Å². The van der Waals surface area contributed by atoms with E-state index < -0.39 is 6.10 Å². The molecule has 2 aromatic heterocycles. The predicted molar refractivity (Wildman–Crippen MR) is 85.3 cm³/mol. The van der Waals surface area contributed by atoms with E-state index in [-0.39, 0.29) is 18.0 Å². The molecule has 3 rings (SSSR count). The molecule has 7 nitrogen and oxygen atoms in total. The minimum Gasteiger partial charge on any atom is -0.389 e. The van der Waals surface area contributed by atoms with Crippen LogP contribution in [-0.4, -0.2) is 54.4 Å². The van der Waals surface area contributed by atoms with Crippen LogP contribution in [0.5, 0.6) is 0 Å². The molecule has 0 aliphatic heterocycles. The van der Waals surface area contributed by atoms with Crippen LogP contribution in [0.15, 0.2) is 37.2 Å². The van der Waals surface area contributed by atoms with Crippen molar-refractivity contribution < 1.29 is 9.90 Å². The van der Waals surface area contributed by atoms with Gasteiger partial charge < -0.3 is 14.6 Å². The van der Waals surface area contributed by atoms with Crippen molar-refractivity contribution in [1.82, 2.24) is 24.2 Å². The molecule has 1 amide bonds. The van der Waals surface area contributed by atoms with Crippen LogP contribution in [0.3, 0.4) is 0 Å². The number of aliphatic hydroxyl groups is 1. The van der Waals surface area contributed by atoms with E-state index in [4.69, 9.17) is 0 Å². The Bertz CT molecular complexity index is 691. The van der Waals surface area contributed by atoms with E-state index in [1.54, 1.807) is 41.4 Å². The van der Waals surface area contributed by atoms with Crippen LogP contribution >= 0.6 is 0 Å². The van der Waals surface area contributed by atoms with Crippen LogP contribution in [0.25, 0.3) is 6.08 Å². The van der Waals surface area contributed by atoms with Gasteiger partial charge >= 0.3 is 0 Å². The van der Waals surface area contributed by atoms with Crippen LogP contribution in [0.1, 0.15) is 24.4 Å². The lowest BCUT2D eigenvalue weighted by molar-refractivity contribution is -0.128. The summed E-state index contributed by atoms with van der Waals surface area (Å²) in [5.74, 6) is -0.121. The zero-order valence-electron chi connectivity index (χ0n) is 13.3. The van der Waals surface area contributed by atoms with E-state index >= 15 is 0 Å². The number of rotatable bonds is 4. The molecule has 1 aliphatic rings. The topological polar surface area (TPSA) is 76.2 Å². The van der Waals surface area contributed by atoms with Gasteiger partial charge in [0.25, 0.3) is 0 Å². The Kier molecular flexibility index (Phi) is 4.29. The van der Waals surface area contributed by atoms with Crippen LogP contribution in [-0.2, 0) is 11.8 Å². The number of amides is 1. The molecule has 1 saturated carbocycles. The fourth-order valence-corrected chi connectivity index (χ4v) is 3.13. The molecule has 0 spiro atoms. The molecule has 0 unspecified atom stereocenters. The van der Waals surface area contributed by atoms with Gasteiger partial charge in [-0.25, -0.2) is 4.98 Å². The van der Waals surface area contributed by atoms with Gasteiger partial charge in [-0.15, -0.1) is 0 Å². The van der Waals surface area contributed by atoms with Gasteiger partial charge in [0.2, 0.25) is 5.91 Å². The first kappa shape index (κ1) is 15.5. The molecule has 1 fully saturated rings. The Morgan fingerprint density at radius 2 is 2.30 bits per heavy atom. The number of imidazole rings is 1. The van der Waals surface area contributed by atoms with Crippen molar-refractivity contribution in [3.8, 4) is 0 Å². The number of nitrogens with zero attached hydrogens (tertiary/aromatic N) is 5. The van der Waals surface area contributed by atoms with E-state index in [2.05, 4.69) is 10.1 Å². The smallest absolute Gasteiger partial charge is 0.246 e. The van der Waals surface area contributed by atoms with Crippen molar-refractivity contribution in [2.24, 2.45) is 7.05 Å². The first-order valence-electron chi connectivity index (χ1n) is 7.65. The monoisotopic (exact) mass is 315 g/mol. The third-order valence-corrected chi connectivity index (χ3v) is 4.44. The largest absolute Gasteiger partial charge is 0.389 e. The fourth-order valence-electron chi connectivity index (χ4n) is 3.13. The first-order valence-corrected chi connectivity index (χ1v) is 7.65. The zero-order valence-corrected chi connectivity index (χ0v) is 13.3. The van der Waals surface area contributed by atoms with Crippen molar-refractivity contribution >= 4 is 12.0 Å². The predicted octanol–water partition coefficient (Wildman–Crippen LogP) is 0.853. The average molecular weight is 315 g/mol. The molecular formula is C16H21N5O2. The summed E-state index contributed by atoms with van der Waals surface area (Å²) in [6.07, 6.45) is 13.1. The zero-order chi connectivity index (χ0) is 16.4. The molecule has 23 heavy (non-hydrogen) atoms. The third kappa shape index (κ3) is 3.19. The minimum atomic E-state index is -0.593. The number of hydrogen-bond acceptors (Lipinski definition) is 4. The van der Waals surface area contributed by atoms with Gasteiger partial charge in [0.05, 0.1) is 30.7 Å². The van der Waals surface area contributed by atoms with Gasteiger partial charge in [0.15, 0.2) is 0 Å². The molecule has 2 heterocycles. The van der Waals surface area contributed by atoms with E-state index in [0.29, 0.717) is 0 Å². The summed E-state index contributed by atoms with van der Waals surface area (Å²) in [5.41, 5.74) is 0.873. The van der Waals surface area contributed by atoms with Crippen molar-refractivity contribution in [1.29, 1.82) is 0 Å². The van der Waals surface area contributed by atoms with Gasteiger partial charge in [0, 0.05) is 44.3 Å². The quantitative estimate of drug-likeness (QED) is 0.849. The molecule has 2 aromatic rings. The molecule has 0 radical (unpaired) electrons. The molecule has 1 aliphatic carbocycles. The molecule has 0 aromatic carbocycles. The van der Waals surface area contributed by atoms with E-state index in [1.165, 1.54) is 6.08 Å². The number of aromatic nitrogens is 4. The Hall–Kier alpha value is -2.41. The normalized spacial score (nSPS) is 24.4. The summed E-state index contributed by atoms with van der Waals surface area (Å²) < 4.78 is 3.60. The van der Waals surface area contributed by atoms with Gasteiger partial charge in [0.1, 0.15) is 0 Å². The Labute approximate surface area is 134 Å². The lowest BCUT2D eigenvalue weighted by Gasteiger charge is -2.28. The van der Waals surface area contributed by atoms with Crippen LogP contribution in [0.4, 0.5) is 0 Å². The number of likely N-dealkylation sites (N-methyl/N-ethyl adjacent to an activating group) is 1. The number of carbonyl (C=O) groups excluding carboxylic acids is 1. The van der Waals surface area contributed by atoms with Gasteiger partial charge in [-0.3, -0.25) is 9.48 Å². The second kappa shape index (κ2) is 6.37. The van der Waals surface area contributed by atoms with E-state index in [0.717, 1.165) is 18.4 Å². The molecule has 122 valence electrons. The number of aryl methyl sites for hydroxylation is 1. The number of hydrogen-bond donors (Lipinski definition) is 1. The number of aliphatic hydroxyl groups excluding tert-OH is 1. The van der Waals surface area contributed by atoms with Crippen LogP contribution < -0.4 is 0 Å². The fraction of sp³-hybridized carbons (Fsp3) is 0.438. The summed E-state index contributed by atoms with van der Waals surface area (Å²) in [5, 5.41) is 14.6. The highest BCUT2D eigenvalue weighted by Gasteiger charge is 2.38. The highest BCUT2D eigenvalue weighted by Crippen LogP contribution is 2.33. The molecule has 3 atom stereocenters. The maximum Gasteiger partial charge on any atom is 0.246 e. The summed E-state index contributed by atoms with van der Waals surface area (Å²) >= 11 is 0. The number of carbonyl (C=O) groups is 1. The van der Waals surface area contributed by atoms with Crippen molar-refractivity contribution in [3.05, 3.63) is 42.8 Å². The molecule has 1 N–H and O–H groups in total. The molecule has 0 bridgehead atoms. The second-order valence-corrected chi connectivity index (χ2v) is 5.94. The summed E-state index contributed by atoms with van der Waals surface area (Å²) in [6, 6.07) is -0.214. The second-order valence-electron chi connectivity index (χ2n) is 5.94. The van der Waals surface area contributed by atoms with E-state index in [9.17, 15) is 9.90 Å². The third-order valence-electron chi connectivity index (χ3n) is 4.44. The average Bonchev–Trinajstić information content (AvgIpc) is 3.25. The maximum absolute atomic E-state index is 12.3. The summed E-state index contributed by atoms with van der Waals surface area (Å²) in [4.78, 5) is 18.0. The van der Waals surface area contributed by atoms with Gasteiger partial charge in [-0.2, -0.15) is 5.10 Å². The SMILES string of the molecule is CN(C(=O)/C=C/c1cnn(C)c1)[C@@H]1CC[C@@H](n2ccnc2)[C@@H]1O. The maximum atomic E-state index is 12.3. The Balaban J connectivity index is 1.64. The minimum absolute atomic E-state index is 0.0277. The van der Waals surface area contributed by atoms with Gasteiger partial charge in [-0.05, 0) is 18.9 Å². The standard InChI is InChI=1S/C16H21N5O2/c1-19-10-12(9-18-19)3-6-15(22)20(2)13-4-5-14(16(13)23)21-8-7-17-11-21/h3,6-11,13-14,16,23H,4-5H2,1-2H3/b6-3+/t13-,14-,16-/m1/s1.